The molecule has 0 unspecified atom stereocenters. The Balaban J connectivity index is 1.49. The minimum Gasteiger partial charge on any atom is -0.393 e. The van der Waals surface area contributed by atoms with Crippen molar-refractivity contribution in [2.24, 2.45) is 0 Å². The lowest BCUT2D eigenvalue weighted by molar-refractivity contribution is 0.121. The van der Waals surface area contributed by atoms with Crippen LogP contribution in [0.15, 0.2) is 37.1 Å². The molecule has 1 aliphatic carbocycles. The van der Waals surface area contributed by atoms with Crippen LogP contribution in [-0.2, 0) is 11.3 Å². The number of aliphatic hydroxyl groups excluding tert-OH is 1. The Labute approximate surface area is 204 Å². The third-order valence-corrected chi connectivity index (χ3v) is 6.55. The molecule has 184 valence electrons. The summed E-state index contributed by atoms with van der Waals surface area (Å²) in [6.45, 7) is 5.08. The highest BCUT2D eigenvalue weighted by Crippen LogP contribution is 2.37. The summed E-state index contributed by atoms with van der Waals surface area (Å²) in [5.41, 5.74) is 5.88. The van der Waals surface area contributed by atoms with E-state index >= 15 is 0 Å². The monoisotopic (exact) mass is 476 g/mol. The summed E-state index contributed by atoms with van der Waals surface area (Å²) in [5.74, 6) is 0.895. The standard InChI is InChI=1S/C25H32N8O2/c1-16-9-27-20(11-26-16)14-32-13-19(10-29-32)22-8-23(18-4-6-21(34)7-5-18)33-24(22)12-28-25(31-33)30-17(2)15-35-3/h8-13,17-18,21,34H,4-7,14-15H2,1-3H3,(H,30,31)/t17-,18-,21-/m0/s1. The number of nitrogens with one attached hydrogen (secondary N) is 1. The number of hydrogen-bond acceptors (Lipinski definition) is 8. The molecule has 0 aliphatic heterocycles. The van der Waals surface area contributed by atoms with Crippen LogP contribution in [0.4, 0.5) is 5.95 Å². The summed E-state index contributed by atoms with van der Waals surface area (Å²) in [6, 6.07) is 2.30. The molecule has 5 rings (SSSR count). The van der Waals surface area contributed by atoms with Gasteiger partial charge in [-0.25, -0.2) is 9.50 Å². The van der Waals surface area contributed by atoms with Crippen molar-refractivity contribution in [1.29, 1.82) is 0 Å². The van der Waals surface area contributed by atoms with E-state index in [1.165, 1.54) is 0 Å². The first kappa shape index (κ1) is 23.4. The van der Waals surface area contributed by atoms with Gasteiger partial charge in [0.25, 0.3) is 0 Å². The number of aliphatic hydroxyl groups is 1. The molecular formula is C25H32N8O2. The van der Waals surface area contributed by atoms with Crippen molar-refractivity contribution in [3.8, 4) is 11.1 Å². The maximum Gasteiger partial charge on any atom is 0.241 e. The predicted molar refractivity (Wildman–Crippen MR) is 132 cm³/mol. The van der Waals surface area contributed by atoms with Gasteiger partial charge in [0.05, 0.1) is 54.8 Å². The van der Waals surface area contributed by atoms with Crippen molar-refractivity contribution in [3.05, 3.63) is 54.1 Å². The van der Waals surface area contributed by atoms with Gasteiger partial charge in [-0.1, -0.05) is 0 Å². The topological polar surface area (TPSA) is 115 Å². The first-order chi connectivity index (χ1) is 17.0. The smallest absolute Gasteiger partial charge is 0.241 e. The predicted octanol–water partition coefficient (Wildman–Crippen LogP) is 3.20. The Morgan fingerprint density at radius 1 is 1.11 bits per heavy atom. The first-order valence-electron chi connectivity index (χ1n) is 12.1. The average Bonchev–Trinajstić information content (AvgIpc) is 3.46. The quantitative estimate of drug-likeness (QED) is 0.398. The molecule has 0 saturated heterocycles. The molecule has 0 radical (unpaired) electrons. The van der Waals surface area contributed by atoms with Crippen LogP contribution in [0.25, 0.3) is 16.6 Å². The second-order valence-electron chi connectivity index (χ2n) is 9.44. The number of ether oxygens (including phenoxy) is 1. The number of aromatic nitrogens is 7. The molecule has 35 heavy (non-hydrogen) atoms. The number of hydrogen-bond donors (Lipinski definition) is 2. The van der Waals surface area contributed by atoms with E-state index < -0.39 is 0 Å². The zero-order valence-electron chi connectivity index (χ0n) is 20.4. The van der Waals surface area contributed by atoms with Crippen LogP contribution >= 0.6 is 0 Å². The van der Waals surface area contributed by atoms with Gasteiger partial charge >= 0.3 is 0 Å². The van der Waals surface area contributed by atoms with Crippen molar-refractivity contribution >= 4 is 11.5 Å². The molecule has 10 nitrogen and oxygen atoms in total. The zero-order valence-corrected chi connectivity index (χ0v) is 20.4. The average molecular weight is 477 g/mol. The summed E-state index contributed by atoms with van der Waals surface area (Å²) in [4.78, 5) is 13.4. The van der Waals surface area contributed by atoms with E-state index in [4.69, 9.17) is 9.84 Å². The summed E-state index contributed by atoms with van der Waals surface area (Å²) < 4.78 is 9.12. The molecule has 2 N–H and O–H groups in total. The van der Waals surface area contributed by atoms with Crippen LogP contribution in [0, 0.1) is 6.92 Å². The fourth-order valence-corrected chi connectivity index (χ4v) is 4.74. The van der Waals surface area contributed by atoms with E-state index in [0.29, 0.717) is 25.0 Å². The Morgan fingerprint density at radius 2 is 1.94 bits per heavy atom. The van der Waals surface area contributed by atoms with E-state index in [9.17, 15) is 5.11 Å². The van der Waals surface area contributed by atoms with Gasteiger partial charge < -0.3 is 15.2 Å². The molecule has 0 bridgehead atoms. The van der Waals surface area contributed by atoms with Gasteiger partial charge in [-0.3, -0.25) is 14.6 Å². The van der Waals surface area contributed by atoms with Crippen molar-refractivity contribution in [3.63, 3.8) is 0 Å². The Morgan fingerprint density at radius 3 is 2.69 bits per heavy atom. The normalized spacial score (nSPS) is 19.2. The lowest BCUT2D eigenvalue weighted by atomic mass is 9.85. The SMILES string of the molecule is COC[C@H](C)Nc1ncc2c(-c3cnn(Cc4cnc(C)cn4)c3)cc([C@H]3CC[C@H](O)CC3)n2n1. The minimum absolute atomic E-state index is 0.0869. The van der Waals surface area contributed by atoms with Crippen molar-refractivity contribution < 1.29 is 9.84 Å². The number of aryl methyl sites for hydroxylation is 1. The summed E-state index contributed by atoms with van der Waals surface area (Å²) >= 11 is 0. The van der Waals surface area contributed by atoms with Gasteiger partial charge in [0.15, 0.2) is 0 Å². The highest BCUT2D eigenvalue weighted by molar-refractivity contribution is 5.81. The Kier molecular flexibility index (Phi) is 6.74. The van der Waals surface area contributed by atoms with Gasteiger partial charge in [0, 0.05) is 48.3 Å². The highest BCUT2D eigenvalue weighted by atomic mass is 16.5. The molecule has 0 aromatic carbocycles. The minimum atomic E-state index is -0.207. The molecule has 4 heterocycles. The molecule has 0 amide bonds. The number of fused-ring (bicyclic) bond motifs is 1. The van der Waals surface area contributed by atoms with Gasteiger partial charge in [-0.15, -0.1) is 5.10 Å². The largest absolute Gasteiger partial charge is 0.393 e. The van der Waals surface area contributed by atoms with Gasteiger partial charge in [-0.05, 0) is 45.6 Å². The molecule has 4 aromatic heterocycles. The molecule has 1 fully saturated rings. The van der Waals surface area contributed by atoms with Crippen LogP contribution in [0.5, 0.6) is 0 Å². The van der Waals surface area contributed by atoms with Crippen LogP contribution in [-0.4, -0.2) is 65.3 Å². The van der Waals surface area contributed by atoms with Gasteiger partial charge in [0.2, 0.25) is 5.95 Å². The van der Waals surface area contributed by atoms with E-state index in [0.717, 1.165) is 59.4 Å². The molecule has 4 aromatic rings. The van der Waals surface area contributed by atoms with Gasteiger partial charge in [0.1, 0.15) is 0 Å². The molecule has 1 atom stereocenters. The number of rotatable bonds is 8. The third-order valence-electron chi connectivity index (χ3n) is 6.55. The maximum atomic E-state index is 10.0. The van der Waals surface area contributed by atoms with Crippen LogP contribution in [0.2, 0.25) is 0 Å². The molecular weight excluding hydrogens is 444 g/mol. The van der Waals surface area contributed by atoms with E-state index in [2.05, 4.69) is 31.4 Å². The lowest BCUT2D eigenvalue weighted by Gasteiger charge is -2.25. The molecule has 10 heteroatoms. The second kappa shape index (κ2) is 10.1. The number of nitrogens with zero attached hydrogens (tertiary/aromatic N) is 7. The van der Waals surface area contributed by atoms with Crippen LogP contribution in [0.3, 0.4) is 0 Å². The van der Waals surface area contributed by atoms with Crippen molar-refractivity contribution in [2.75, 3.05) is 19.0 Å². The highest BCUT2D eigenvalue weighted by Gasteiger charge is 2.26. The lowest BCUT2D eigenvalue weighted by Crippen LogP contribution is -2.23. The molecule has 0 spiro atoms. The van der Waals surface area contributed by atoms with E-state index in [1.807, 2.05) is 41.6 Å². The Hall–Kier alpha value is -3.37. The van der Waals surface area contributed by atoms with E-state index in [1.54, 1.807) is 19.5 Å². The molecule has 1 aliphatic rings. The number of anilines is 1. The summed E-state index contributed by atoms with van der Waals surface area (Å²) in [6.07, 6.45) is 12.6. The van der Waals surface area contributed by atoms with Crippen molar-refractivity contribution in [2.45, 2.75) is 64.1 Å². The fourth-order valence-electron chi connectivity index (χ4n) is 4.74. The van der Waals surface area contributed by atoms with Gasteiger partial charge in [-0.2, -0.15) is 5.10 Å². The Bertz CT molecular complexity index is 1270. The molecule has 1 saturated carbocycles. The number of methoxy groups -OCH3 is 1. The van der Waals surface area contributed by atoms with E-state index in [-0.39, 0.29) is 12.1 Å². The van der Waals surface area contributed by atoms with Crippen LogP contribution < -0.4 is 5.32 Å². The first-order valence-corrected chi connectivity index (χ1v) is 12.1. The maximum absolute atomic E-state index is 10.0. The van der Waals surface area contributed by atoms with Crippen molar-refractivity contribution in [1.82, 2.24) is 34.3 Å². The summed E-state index contributed by atoms with van der Waals surface area (Å²) in [7, 11) is 1.68. The zero-order chi connectivity index (χ0) is 24.4. The summed E-state index contributed by atoms with van der Waals surface area (Å²) in [5, 5.41) is 22.8. The van der Waals surface area contributed by atoms with Crippen LogP contribution in [0.1, 0.15) is 55.6 Å². The fraction of sp³-hybridized carbons (Fsp3) is 0.480. The third kappa shape index (κ3) is 5.18. The second-order valence-corrected chi connectivity index (χ2v) is 9.44.